The highest BCUT2D eigenvalue weighted by molar-refractivity contribution is 14.1. The number of aliphatic imine (C=N–C) groups is 1. The average molecular weight is 371 g/mol. The SMILES string of the molecule is C=C(I)/C(=C\N=C(/C)Cl)NC(=O)OC(C)(C)C. The van der Waals surface area contributed by atoms with Gasteiger partial charge in [0.15, 0.2) is 0 Å². The van der Waals surface area contributed by atoms with Crippen LogP contribution in [0.5, 0.6) is 0 Å². The molecule has 0 unspecified atom stereocenters. The van der Waals surface area contributed by atoms with Crippen LogP contribution in [0.25, 0.3) is 0 Å². The van der Waals surface area contributed by atoms with Gasteiger partial charge in [0.1, 0.15) is 10.8 Å². The van der Waals surface area contributed by atoms with Gasteiger partial charge < -0.3 is 4.74 Å². The third-order valence-electron chi connectivity index (χ3n) is 1.30. The van der Waals surface area contributed by atoms with Crippen LogP contribution < -0.4 is 5.32 Å². The molecule has 0 aromatic heterocycles. The van der Waals surface area contributed by atoms with Crippen molar-refractivity contribution in [1.29, 1.82) is 0 Å². The molecule has 1 N–H and O–H groups in total. The molecule has 0 aromatic carbocycles. The Morgan fingerprint density at radius 2 is 2.06 bits per heavy atom. The van der Waals surface area contributed by atoms with Crippen LogP contribution in [0.3, 0.4) is 0 Å². The Hall–Kier alpha value is -0.560. The van der Waals surface area contributed by atoms with Gasteiger partial charge in [-0.3, -0.25) is 5.32 Å². The predicted octanol–water partition coefficient (Wildman–Crippen LogP) is 3.96. The molecular formula is C11H16ClIN2O2. The van der Waals surface area contributed by atoms with Crippen LogP contribution in [-0.2, 0) is 4.74 Å². The molecule has 0 rings (SSSR count). The van der Waals surface area contributed by atoms with Gasteiger partial charge in [-0.2, -0.15) is 0 Å². The number of nitrogens with one attached hydrogen (secondary N) is 1. The molecular weight excluding hydrogens is 354 g/mol. The Morgan fingerprint density at radius 3 is 2.41 bits per heavy atom. The monoisotopic (exact) mass is 370 g/mol. The first-order chi connectivity index (χ1) is 7.61. The molecule has 1 amide bonds. The maximum absolute atomic E-state index is 11.5. The first kappa shape index (κ1) is 16.4. The van der Waals surface area contributed by atoms with Gasteiger partial charge in [0.25, 0.3) is 0 Å². The molecule has 0 spiro atoms. The summed E-state index contributed by atoms with van der Waals surface area (Å²) < 4.78 is 5.74. The van der Waals surface area contributed by atoms with Crippen molar-refractivity contribution in [2.75, 3.05) is 0 Å². The second-order valence-corrected chi connectivity index (χ2v) is 6.05. The fraction of sp³-hybridized carbons (Fsp3) is 0.455. The Balaban J connectivity index is 4.69. The van der Waals surface area contributed by atoms with Crippen LogP contribution in [0, 0.1) is 0 Å². The number of rotatable bonds is 3. The lowest BCUT2D eigenvalue weighted by Gasteiger charge is -2.20. The maximum atomic E-state index is 11.5. The van der Waals surface area contributed by atoms with E-state index in [1.54, 1.807) is 27.7 Å². The third-order valence-corrected chi connectivity index (χ3v) is 1.98. The van der Waals surface area contributed by atoms with E-state index in [2.05, 4.69) is 16.9 Å². The molecule has 0 saturated heterocycles. The molecule has 0 radical (unpaired) electrons. The van der Waals surface area contributed by atoms with Crippen molar-refractivity contribution in [1.82, 2.24) is 5.32 Å². The highest BCUT2D eigenvalue weighted by Crippen LogP contribution is 2.14. The van der Waals surface area contributed by atoms with Crippen molar-refractivity contribution in [2.45, 2.75) is 33.3 Å². The number of halogens is 2. The molecule has 96 valence electrons. The molecule has 4 nitrogen and oxygen atoms in total. The normalized spacial score (nSPS) is 13.3. The largest absolute Gasteiger partial charge is 0.444 e. The predicted molar refractivity (Wildman–Crippen MR) is 79.6 cm³/mol. The Bertz CT molecular complexity index is 366. The van der Waals surface area contributed by atoms with E-state index in [9.17, 15) is 4.79 Å². The van der Waals surface area contributed by atoms with E-state index in [0.29, 0.717) is 14.4 Å². The first-order valence-electron chi connectivity index (χ1n) is 4.86. The van der Waals surface area contributed by atoms with Crippen molar-refractivity contribution < 1.29 is 9.53 Å². The number of hydrogen-bond acceptors (Lipinski definition) is 3. The Kier molecular flexibility index (Phi) is 6.77. The highest BCUT2D eigenvalue weighted by Gasteiger charge is 2.17. The second-order valence-electron chi connectivity index (χ2n) is 4.20. The quantitative estimate of drug-likeness (QED) is 0.464. The lowest BCUT2D eigenvalue weighted by Crippen LogP contribution is -2.32. The molecule has 0 aliphatic rings. The highest BCUT2D eigenvalue weighted by atomic mass is 127. The van der Waals surface area contributed by atoms with Crippen molar-refractivity contribution in [3.63, 3.8) is 0 Å². The van der Waals surface area contributed by atoms with E-state index in [1.165, 1.54) is 6.20 Å². The molecule has 0 fully saturated rings. The molecule has 0 atom stereocenters. The van der Waals surface area contributed by atoms with Crippen LogP contribution in [0.2, 0.25) is 0 Å². The number of ether oxygens (including phenoxy) is 1. The number of allylic oxidation sites excluding steroid dienone is 1. The molecule has 17 heavy (non-hydrogen) atoms. The topological polar surface area (TPSA) is 50.7 Å². The van der Waals surface area contributed by atoms with E-state index in [4.69, 9.17) is 16.3 Å². The molecule has 0 aliphatic carbocycles. The van der Waals surface area contributed by atoms with Crippen LogP contribution in [0.1, 0.15) is 27.7 Å². The van der Waals surface area contributed by atoms with Gasteiger partial charge in [-0.1, -0.05) is 18.2 Å². The first-order valence-corrected chi connectivity index (χ1v) is 6.32. The summed E-state index contributed by atoms with van der Waals surface area (Å²) in [5, 5.41) is 2.92. The minimum absolute atomic E-state index is 0.367. The van der Waals surface area contributed by atoms with Crippen LogP contribution >= 0.6 is 34.2 Å². The molecule has 0 heterocycles. The molecule has 0 aromatic rings. The summed E-state index contributed by atoms with van der Waals surface area (Å²) >= 11 is 7.58. The number of carbonyl (C=O) groups excluding carboxylic acids is 1. The Labute approximate surface area is 120 Å². The fourth-order valence-corrected chi connectivity index (χ4v) is 1.06. The zero-order valence-electron chi connectivity index (χ0n) is 10.3. The smallest absolute Gasteiger partial charge is 0.412 e. The van der Waals surface area contributed by atoms with Crippen molar-refractivity contribution in [3.05, 3.63) is 22.1 Å². The number of carbonyl (C=O) groups is 1. The van der Waals surface area contributed by atoms with E-state index in [0.717, 1.165) is 0 Å². The van der Waals surface area contributed by atoms with Crippen molar-refractivity contribution in [2.24, 2.45) is 4.99 Å². The van der Waals surface area contributed by atoms with Gasteiger partial charge in [-0.05, 0) is 50.3 Å². The standard InChI is InChI=1S/C11H16ClIN2O2/c1-7(13)9(6-14-8(2)12)15-10(16)17-11(3,4)5/h6H,1H2,2-5H3,(H,15,16)/b9-6+,14-8+. The van der Waals surface area contributed by atoms with Crippen molar-refractivity contribution >= 4 is 45.5 Å². The minimum atomic E-state index is -0.552. The summed E-state index contributed by atoms with van der Waals surface area (Å²) in [6, 6.07) is 0. The summed E-state index contributed by atoms with van der Waals surface area (Å²) in [6.45, 7) is 10.7. The number of nitrogens with zero attached hydrogens (tertiary/aromatic N) is 1. The third kappa shape index (κ3) is 9.17. The van der Waals surface area contributed by atoms with E-state index < -0.39 is 11.7 Å². The molecule has 0 aliphatic heterocycles. The molecule has 0 bridgehead atoms. The second kappa shape index (κ2) is 7.00. The fourth-order valence-electron chi connectivity index (χ4n) is 0.737. The van der Waals surface area contributed by atoms with Gasteiger partial charge >= 0.3 is 6.09 Å². The van der Waals surface area contributed by atoms with E-state index in [1.807, 2.05) is 22.6 Å². The van der Waals surface area contributed by atoms with Crippen LogP contribution in [-0.4, -0.2) is 16.9 Å². The number of alkyl carbamates (subject to hydrolysis) is 1. The minimum Gasteiger partial charge on any atom is -0.444 e. The van der Waals surface area contributed by atoms with Crippen molar-refractivity contribution in [3.8, 4) is 0 Å². The lowest BCUT2D eigenvalue weighted by atomic mass is 10.2. The zero-order valence-corrected chi connectivity index (χ0v) is 13.2. The summed E-state index contributed by atoms with van der Waals surface area (Å²) in [5.41, 5.74) is -0.0900. The van der Waals surface area contributed by atoms with Gasteiger partial charge in [0, 0.05) is 3.58 Å². The lowest BCUT2D eigenvalue weighted by molar-refractivity contribution is 0.0547. The Morgan fingerprint density at radius 1 is 1.53 bits per heavy atom. The van der Waals surface area contributed by atoms with E-state index in [-0.39, 0.29) is 0 Å². The summed E-state index contributed by atoms with van der Waals surface area (Å²) in [7, 11) is 0. The van der Waals surface area contributed by atoms with Gasteiger partial charge in [-0.25, -0.2) is 9.79 Å². The van der Waals surface area contributed by atoms with Crippen LogP contribution in [0.4, 0.5) is 4.79 Å². The summed E-state index contributed by atoms with van der Waals surface area (Å²) in [5.74, 6) is 0. The van der Waals surface area contributed by atoms with Gasteiger partial charge in [-0.15, -0.1) is 0 Å². The average Bonchev–Trinajstić information content (AvgIpc) is 2.08. The van der Waals surface area contributed by atoms with Gasteiger partial charge in [0.05, 0.1) is 11.9 Å². The molecule has 6 heteroatoms. The molecule has 0 saturated carbocycles. The zero-order chi connectivity index (χ0) is 13.6. The summed E-state index contributed by atoms with van der Waals surface area (Å²) in [6.07, 6.45) is 0.880. The summed E-state index contributed by atoms with van der Waals surface area (Å²) in [4.78, 5) is 15.4. The van der Waals surface area contributed by atoms with Gasteiger partial charge in [0.2, 0.25) is 0 Å². The number of hydrogen-bond donors (Lipinski definition) is 1. The maximum Gasteiger partial charge on any atom is 0.412 e. The number of amides is 1. The van der Waals surface area contributed by atoms with E-state index >= 15 is 0 Å². The van der Waals surface area contributed by atoms with Crippen LogP contribution in [0.15, 0.2) is 27.0 Å².